The lowest BCUT2D eigenvalue weighted by Gasteiger charge is -2.14. The number of fused-ring (bicyclic) bond motifs is 1. The van der Waals surface area contributed by atoms with Gasteiger partial charge in [-0.15, -0.1) is 0 Å². The van der Waals surface area contributed by atoms with Crippen LogP contribution in [0, 0.1) is 12.8 Å². The van der Waals surface area contributed by atoms with Crippen LogP contribution < -0.4 is 10.9 Å². The number of rotatable bonds is 6. The van der Waals surface area contributed by atoms with E-state index < -0.39 is 0 Å². The Hall–Kier alpha value is -2.96. The molecule has 1 amide bonds. The topological polar surface area (TPSA) is 81.8 Å². The van der Waals surface area contributed by atoms with Crippen molar-refractivity contribution < 1.29 is 4.79 Å². The Morgan fingerprint density at radius 1 is 1.28 bits per heavy atom. The monoisotopic (exact) mass is 339 g/mol. The lowest BCUT2D eigenvalue weighted by atomic mass is 10.2. The Labute approximate surface area is 145 Å². The van der Waals surface area contributed by atoms with Crippen LogP contribution in [0.1, 0.15) is 12.7 Å². The number of amides is 1. The van der Waals surface area contributed by atoms with Crippen molar-refractivity contribution in [2.24, 2.45) is 5.92 Å². The molecule has 0 radical (unpaired) electrons. The van der Waals surface area contributed by atoms with Crippen LogP contribution in [-0.2, 0) is 17.9 Å². The van der Waals surface area contributed by atoms with Crippen LogP contribution in [-0.4, -0.2) is 31.8 Å². The number of aryl methyl sites for hydroxylation is 1. The van der Waals surface area contributed by atoms with Gasteiger partial charge in [-0.2, -0.15) is 5.10 Å². The minimum absolute atomic E-state index is 0.0308. The Morgan fingerprint density at radius 2 is 2.08 bits per heavy atom. The molecule has 0 aliphatic rings. The average Bonchev–Trinajstić information content (AvgIpc) is 3.10. The molecule has 7 nitrogen and oxygen atoms in total. The summed E-state index contributed by atoms with van der Waals surface area (Å²) in [4.78, 5) is 29.2. The Morgan fingerprint density at radius 3 is 2.84 bits per heavy atom. The largest absolute Gasteiger partial charge is 0.354 e. The number of carbonyl (C=O) groups excluding carboxylic acids is 1. The normalized spacial score (nSPS) is 12.2. The molecule has 130 valence electrons. The SMILES string of the molecule is Cc1nc2ccccc2c(=O)n1CC(=O)NC[C@@H](C)Cn1cccn1. The first kappa shape index (κ1) is 16.9. The lowest BCUT2D eigenvalue weighted by Crippen LogP contribution is -2.36. The molecule has 7 heteroatoms. The van der Waals surface area contributed by atoms with Crippen LogP contribution in [0.15, 0.2) is 47.5 Å². The molecule has 0 aliphatic heterocycles. The summed E-state index contributed by atoms with van der Waals surface area (Å²) < 4.78 is 3.24. The van der Waals surface area contributed by atoms with E-state index in [4.69, 9.17) is 0 Å². The van der Waals surface area contributed by atoms with E-state index in [0.29, 0.717) is 23.3 Å². The highest BCUT2D eigenvalue weighted by molar-refractivity contribution is 5.79. The van der Waals surface area contributed by atoms with E-state index in [2.05, 4.69) is 15.4 Å². The van der Waals surface area contributed by atoms with Crippen LogP contribution in [0.25, 0.3) is 10.9 Å². The zero-order valence-electron chi connectivity index (χ0n) is 14.3. The second kappa shape index (κ2) is 7.29. The molecule has 0 unspecified atom stereocenters. The zero-order valence-corrected chi connectivity index (χ0v) is 14.3. The zero-order chi connectivity index (χ0) is 17.8. The summed E-state index contributed by atoms with van der Waals surface area (Å²) in [5.74, 6) is 0.564. The van der Waals surface area contributed by atoms with Crippen LogP contribution in [0.2, 0.25) is 0 Å². The van der Waals surface area contributed by atoms with Crippen molar-refractivity contribution >= 4 is 16.8 Å². The Bertz CT molecular complexity index is 930. The van der Waals surface area contributed by atoms with Gasteiger partial charge in [0.15, 0.2) is 0 Å². The fourth-order valence-corrected chi connectivity index (χ4v) is 2.75. The first-order chi connectivity index (χ1) is 12.0. The van der Waals surface area contributed by atoms with Crippen molar-refractivity contribution in [3.05, 3.63) is 58.9 Å². The van der Waals surface area contributed by atoms with Crippen molar-refractivity contribution in [1.29, 1.82) is 0 Å². The fraction of sp³-hybridized carbons (Fsp3) is 0.333. The van der Waals surface area contributed by atoms with E-state index in [0.717, 1.165) is 6.54 Å². The van der Waals surface area contributed by atoms with Gasteiger partial charge in [0, 0.05) is 25.5 Å². The number of hydrogen-bond donors (Lipinski definition) is 1. The van der Waals surface area contributed by atoms with E-state index in [1.54, 1.807) is 31.3 Å². The molecule has 0 spiro atoms. The molecule has 0 fully saturated rings. The molecule has 3 rings (SSSR count). The number of para-hydroxylation sites is 1. The van der Waals surface area contributed by atoms with Gasteiger partial charge in [-0.05, 0) is 31.0 Å². The van der Waals surface area contributed by atoms with Gasteiger partial charge in [-0.25, -0.2) is 4.98 Å². The van der Waals surface area contributed by atoms with E-state index in [-0.39, 0.29) is 23.9 Å². The number of carbonyl (C=O) groups is 1. The smallest absolute Gasteiger partial charge is 0.261 e. The van der Waals surface area contributed by atoms with E-state index in [1.165, 1.54) is 4.57 Å². The van der Waals surface area contributed by atoms with Crippen LogP contribution in [0.4, 0.5) is 0 Å². The third-order valence-corrected chi connectivity index (χ3v) is 4.06. The number of nitrogens with zero attached hydrogens (tertiary/aromatic N) is 4. The maximum Gasteiger partial charge on any atom is 0.261 e. The maximum absolute atomic E-state index is 12.6. The number of hydrogen-bond acceptors (Lipinski definition) is 4. The molecule has 0 aliphatic carbocycles. The predicted octanol–water partition coefficient (Wildman–Crippen LogP) is 1.35. The fourth-order valence-electron chi connectivity index (χ4n) is 2.75. The van der Waals surface area contributed by atoms with Gasteiger partial charge < -0.3 is 5.32 Å². The Balaban J connectivity index is 1.65. The van der Waals surface area contributed by atoms with Crippen LogP contribution in [0.3, 0.4) is 0 Å². The summed E-state index contributed by atoms with van der Waals surface area (Å²) in [6, 6.07) is 9.03. The van der Waals surface area contributed by atoms with Crippen molar-refractivity contribution in [3.8, 4) is 0 Å². The average molecular weight is 339 g/mol. The van der Waals surface area contributed by atoms with E-state index in [9.17, 15) is 9.59 Å². The third-order valence-electron chi connectivity index (χ3n) is 4.06. The summed E-state index contributed by atoms with van der Waals surface area (Å²) in [6.45, 7) is 4.99. The molecular formula is C18H21N5O2. The highest BCUT2D eigenvalue weighted by atomic mass is 16.2. The minimum atomic E-state index is -0.199. The molecule has 0 saturated heterocycles. The van der Waals surface area contributed by atoms with E-state index in [1.807, 2.05) is 29.9 Å². The van der Waals surface area contributed by atoms with Gasteiger partial charge in [0.05, 0.1) is 10.9 Å². The molecule has 2 heterocycles. The highest BCUT2D eigenvalue weighted by Crippen LogP contribution is 2.07. The Kier molecular flexibility index (Phi) is 4.92. The first-order valence-electron chi connectivity index (χ1n) is 8.25. The maximum atomic E-state index is 12.6. The standard InChI is InChI=1S/C18H21N5O2/c1-13(11-22-9-5-8-20-22)10-19-17(24)12-23-14(2)21-16-7-4-3-6-15(16)18(23)25/h3-9,13H,10-12H2,1-2H3,(H,19,24)/t13-/m1/s1. The lowest BCUT2D eigenvalue weighted by molar-refractivity contribution is -0.121. The number of aromatic nitrogens is 4. The van der Waals surface area contributed by atoms with Gasteiger partial charge in [-0.3, -0.25) is 18.8 Å². The van der Waals surface area contributed by atoms with Gasteiger partial charge >= 0.3 is 0 Å². The molecule has 1 atom stereocenters. The molecular weight excluding hydrogens is 318 g/mol. The van der Waals surface area contributed by atoms with Gasteiger partial charge in [0.1, 0.15) is 12.4 Å². The summed E-state index contributed by atoms with van der Waals surface area (Å²) in [7, 11) is 0. The summed E-state index contributed by atoms with van der Waals surface area (Å²) in [5, 5.41) is 7.55. The van der Waals surface area contributed by atoms with Gasteiger partial charge in [0.2, 0.25) is 5.91 Å². The molecule has 0 bridgehead atoms. The van der Waals surface area contributed by atoms with Crippen molar-refractivity contribution in [2.45, 2.75) is 26.9 Å². The molecule has 1 N–H and O–H groups in total. The second-order valence-corrected chi connectivity index (χ2v) is 6.20. The van der Waals surface area contributed by atoms with E-state index >= 15 is 0 Å². The highest BCUT2D eigenvalue weighted by Gasteiger charge is 2.12. The number of nitrogens with one attached hydrogen (secondary N) is 1. The molecule has 3 aromatic rings. The molecule has 1 aromatic carbocycles. The van der Waals surface area contributed by atoms with Crippen LogP contribution in [0.5, 0.6) is 0 Å². The summed E-state index contributed by atoms with van der Waals surface area (Å²) in [6.07, 6.45) is 3.62. The number of benzene rings is 1. The predicted molar refractivity (Wildman–Crippen MR) is 95.1 cm³/mol. The van der Waals surface area contributed by atoms with Gasteiger partial charge in [-0.1, -0.05) is 19.1 Å². The molecule has 25 heavy (non-hydrogen) atoms. The van der Waals surface area contributed by atoms with Crippen LogP contribution >= 0.6 is 0 Å². The summed E-state index contributed by atoms with van der Waals surface area (Å²) >= 11 is 0. The quantitative estimate of drug-likeness (QED) is 0.735. The third kappa shape index (κ3) is 3.93. The second-order valence-electron chi connectivity index (χ2n) is 6.20. The molecule has 2 aromatic heterocycles. The van der Waals surface area contributed by atoms with Crippen molar-refractivity contribution in [3.63, 3.8) is 0 Å². The first-order valence-corrected chi connectivity index (χ1v) is 8.25. The van der Waals surface area contributed by atoms with Crippen molar-refractivity contribution in [2.75, 3.05) is 6.54 Å². The van der Waals surface area contributed by atoms with Crippen molar-refractivity contribution in [1.82, 2.24) is 24.6 Å². The molecule has 0 saturated carbocycles. The minimum Gasteiger partial charge on any atom is -0.354 e. The van der Waals surface area contributed by atoms with Gasteiger partial charge in [0.25, 0.3) is 5.56 Å². The summed E-state index contributed by atoms with van der Waals surface area (Å²) in [5.41, 5.74) is 0.456.